The van der Waals surface area contributed by atoms with Crippen LogP contribution < -0.4 is 5.32 Å². The molecule has 1 aliphatic carbocycles. The highest BCUT2D eigenvalue weighted by Crippen LogP contribution is 2.30. The Labute approximate surface area is 94.5 Å². The van der Waals surface area contributed by atoms with Gasteiger partial charge in [0.1, 0.15) is 0 Å². The maximum Gasteiger partial charge on any atom is 0.0524 e. The molecule has 1 saturated carbocycles. The normalized spacial score (nSPS) is 29.0. The van der Waals surface area contributed by atoms with Gasteiger partial charge in [0.15, 0.2) is 0 Å². The van der Waals surface area contributed by atoms with Crippen molar-refractivity contribution >= 4 is 0 Å². The third kappa shape index (κ3) is 6.16. The highest BCUT2D eigenvalue weighted by atomic mass is 16.3. The summed E-state index contributed by atoms with van der Waals surface area (Å²) < 4.78 is 0. The van der Waals surface area contributed by atoms with Gasteiger partial charge in [-0.1, -0.05) is 26.2 Å². The van der Waals surface area contributed by atoms with Gasteiger partial charge >= 0.3 is 0 Å². The number of aliphatic hydroxyl groups excluding tert-OH is 1. The molecule has 2 nitrogen and oxygen atoms in total. The van der Waals surface area contributed by atoms with E-state index in [0.29, 0.717) is 0 Å². The van der Waals surface area contributed by atoms with Gasteiger partial charge in [-0.25, -0.2) is 0 Å². The van der Waals surface area contributed by atoms with Crippen LogP contribution in [0.4, 0.5) is 0 Å². The molecule has 2 N–H and O–H groups in total. The minimum atomic E-state index is -0.160. The number of rotatable bonds is 6. The Morgan fingerprint density at radius 2 is 2.13 bits per heavy atom. The van der Waals surface area contributed by atoms with Gasteiger partial charge in [0.2, 0.25) is 0 Å². The van der Waals surface area contributed by atoms with E-state index in [1.165, 1.54) is 32.1 Å². The number of hydrogen-bond acceptors (Lipinski definition) is 2. The highest BCUT2D eigenvalue weighted by molar-refractivity contribution is 4.71. The van der Waals surface area contributed by atoms with Crippen LogP contribution in [-0.4, -0.2) is 24.3 Å². The topological polar surface area (TPSA) is 32.3 Å². The molecule has 3 unspecified atom stereocenters. The second kappa shape index (κ2) is 7.24. The summed E-state index contributed by atoms with van der Waals surface area (Å²) in [6, 6.07) is 0. The Hall–Kier alpha value is -0.0800. The molecule has 0 saturated heterocycles. The van der Waals surface area contributed by atoms with Crippen molar-refractivity contribution in [1.29, 1.82) is 0 Å². The molecule has 0 aromatic carbocycles. The third-order valence-corrected chi connectivity index (χ3v) is 3.51. The zero-order valence-electron chi connectivity index (χ0n) is 10.3. The molecule has 0 radical (unpaired) electrons. The van der Waals surface area contributed by atoms with E-state index in [9.17, 15) is 0 Å². The molecule has 0 aromatic heterocycles. The molecule has 1 aliphatic rings. The fraction of sp³-hybridized carbons (Fsp3) is 1.00. The molecular weight excluding hydrogens is 186 g/mol. The first-order chi connectivity index (χ1) is 7.18. The van der Waals surface area contributed by atoms with Crippen LogP contribution in [0.3, 0.4) is 0 Å². The van der Waals surface area contributed by atoms with Crippen LogP contribution in [0.1, 0.15) is 52.4 Å². The minimum Gasteiger partial charge on any atom is -0.393 e. The van der Waals surface area contributed by atoms with Crippen LogP contribution >= 0.6 is 0 Å². The first-order valence-corrected chi connectivity index (χ1v) is 6.57. The molecular formula is C13H27NO. The molecule has 2 heteroatoms. The lowest BCUT2D eigenvalue weighted by molar-refractivity contribution is 0.183. The quantitative estimate of drug-likeness (QED) is 0.665. The van der Waals surface area contributed by atoms with Crippen molar-refractivity contribution in [3.8, 4) is 0 Å². The van der Waals surface area contributed by atoms with Crippen molar-refractivity contribution in [2.75, 3.05) is 13.1 Å². The molecule has 1 rings (SSSR count). The molecule has 0 amide bonds. The van der Waals surface area contributed by atoms with E-state index in [0.717, 1.165) is 31.3 Å². The van der Waals surface area contributed by atoms with E-state index in [1.54, 1.807) is 0 Å². The Morgan fingerprint density at radius 1 is 1.33 bits per heavy atom. The minimum absolute atomic E-state index is 0.160. The van der Waals surface area contributed by atoms with Gasteiger partial charge in [0.25, 0.3) is 0 Å². The van der Waals surface area contributed by atoms with Crippen molar-refractivity contribution in [3.05, 3.63) is 0 Å². The molecule has 0 bridgehead atoms. The van der Waals surface area contributed by atoms with Gasteiger partial charge in [0, 0.05) is 0 Å². The summed E-state index contributed by atoms with van der Waals surface area (Å²) in [6.07, 6.45) is 7.77. The van der Waals surface area contributed by atoms with Gasteiger partial charge in [-0.15, -0.1) is 0 Å². The average molecular weight is 213 g/mol. The largest absolute Gasteiger partial charge is 0.393 e. The van der Waals surface area contributed by atoms with E-state index in [1.807, 2.05) is 6.92 Å². The summed E-state index contributed by atoms with van der Waals surface area (Å²) in [7, 11) is 0. The van der Waals surface area contributed by atoms with E-state index in [-0.39, 0.29) is 6.10 Å². The molecule has 0 heterocycles. The molecule has 90 valence electrons. The monoisotopic (exact) mass is 213 g/mol. The van der Waals surface area contributed by atoms with Crippen LogP contribution in [0.5, 0.6) is 0 Å². The van der Waals surface area contributed by atoms with E-state index >= 15 is 0 Å². The lowest BCUT2D eigenvalue weighted by atomic mass is 9.81. The van der Waals surface area contributed by atoms with Gasteiger partial charge in [-0.3, -0.25) is 0 Å². The zero-order valence-corrected chi connectivity index (χ0v) is 10.3. The lowest BCUT2D eigenvalue weighted by Gasteiger charge is -2.26. The molecule has 1 fully saturated rings. The Morgan fingerprint density at radius 3 is 2.80 bits per heavy atom. The SMILES string of the molecule is CC(O)CCNCCC1CCCC(C)C1. The first-order valence-electron chi connectivity index (χ1n) is 6.57. The Bertz CT molecular complexity index is 159. The molecule has 0 aliphatic heterocycles. The van der Waals surface area contributed by atoms with E-state index < -0.39 is 0 Å². The lowest BCUT2D eigenvalue weighted by Crippen LogP contribution is -2.23. The number of hydrogen-bond donors (Lipinski definition) is 2. The van der Waals surface area contributed by atoms with Crippen LogP contribution in [0.15, 0.2) is 0 Å². The second-order valence-corrected chi connectivity index (χ2v) is 5.31. The number of aliphatic hydroxyl groups is 1. The third-order valence-electron chi connectivity index (χ3n) is 3.51. The van der Waals surface area contributed by atoms with Crippen molar-refractivity contribution in [2.45, 2.75) is 58.5 Å². The van der Waals surface area contributed by atoms with E-state index in [4.69, 9.17) is 5.11 Å². The smallest absolute Gasteiger partial charge is 0.0524 e. The fourth-order valence-corrected chi connectivity index (χ4v) is 2.56. The first kappa shape index (κ1) is 13.0. The van der Waals surface area contributed by atoms with Crippen LogP contribution in [-0.2, 0) is 0 Å². The predicted octanol–water partition coefficient (Wildman–Crippen LogP) is 2.56. The van der Waals surface area contributed by atoms with Gasteiger partial charge in [0.05, 0.1) is 6.10 Å². The Kier molecular flexibility index (Phi) is 6.26. The molecule has 0 spiro atoms. The van der Waals surface area contributed by atoms with Crippen molar-refractivity contribution in [2.24, 2.45) is 11.8 Å². The summed E-state index contributed by atoms with van der Waals surface area (Å²) >= 11 is 0. The number of nitrogens with one attached hydrogen (secondary N) is 1. The van der Waals surface area contributed by atoms with Crippen molar-refractivity contribution in [3.63, 3.8) is 0 Å². The standard InChI is InChI=1S/C13H27NO/c1-11-4-3-5-13(10-11)7-9-14-8-6-12(2)15/h11-15H,3-10H2,1-2H3. The second-order valence-electron chi connectivity index (χ2n) is 5.31. The van der Waals surface area contributed by atoms with Crippen LogP contribution in [0.25, 0.3) is 0 Å². The van der Waals surface area contributed by atoms with Crippen molar-refractivity contribution in [1.82, 2.24) is 5.32 Å². The molecule has 0 aromatic rings. The maximum atomic E-state index is 9.10. The van der Waals surface area contributed by atoms with E-state index in [2.05, 4.69) is 12.2 Å². The summed E-state index contributed by atoms with van der Waals surface area (Å²) in [6.45, 7) is 6.32. The maximum absolute atomic E-state index is 9.10. The van der Waals surface area contributed by atoms with Gasteiger partial charge in [-0.2, -0.15) is 0 Å². The highest BCUT2D eigenvalue weighted by Gasteiger charge is 2.17. The molecule has 3 atom stereocenters. The molecule has 15 heavy (non-hydrogen) atoms. The van der Waals surface area contributed by atoms with Crippen molar-refractivity contribution < 1.29 is 5.11 Å². The Balaban J connectivity index is 1.95. The predicted molar refractivity (Wildman–Crippen MR) is 64.9 cm³/mol. The summed E-state index contributed by atoms with van der Waals surface area (Å²) in [5.41, 5.74) is 0. The summed E-state index contributed by atoms with van der Waals surface area (Å²) in [5.74, 6) is 1.90. The summed E-state index contributed by atoms with van der Waals surface area (Å²) in [5, 5.41) is 12.5. The zero-order chi connectivity index (χ0) is 11.1. The van der Waals surface area contributed by atoms with Crippen LogP contribution in [0.2, 0.25) is 0 Å². The van der Waals surface area contributed by atoms with Crippen LogP contribution in [0, 0.1) is 11.8 Å². The fourth-order valence-electron chi connectivity index (χ4n) is 2.56. The van der Waals surface area contributed by atoms with Gasteiger partial charge < -0.3 is 10.4 Å². The summed E-state index contributed by atoms with van der Waals surface area (Å²) in [4.78, 5) is 0. The average Bonchev–Trinajstić information content (AvgIpc) is 2.17. The van der Waals surface area contributed by atoms with Gasteiger partial charge in [-0.05, 0) is 51.1 Å².